The van der Waals surface area contributed by atoms with Gasteiger partial charge in [-0.25, -0.2) is 0 Å². The lowest BCUT2D eigenvalue weighted by molar-refractivity contribution is -0.174. The van der Waals surface area contributed by atoms with Crippen LogP contribution in [0.2, 0.25) is 0 Å². The molecule has 2 bridgehead atoms. The van der Waals surface area contributed by atoms with Gasteiger partial charge in [-0.3, -0.25) is 9.59 Å². The highest BCUT2D eigenvalue weighted by Crippen LogP contribution is 2.54. The Labute approximate surface area is 126 Å². The van der Waals surface area contributed by atoms with Crippen LogP contribution >= 0.6 is 23.2 Å². The lowest BCUT2D eigenvalue weighted by Gasteiger charge is -2.56. The number of Topliss-reactive ketones (excluding diaryl/α,β-unsaturated/α-hetero) is 1. The first kappa shape index (κ1) is 14.3. The van der Waals surface area contributed by atoms with Gasteiger partial charge >= 0.3 is 0 Å². The minimum atomic E-state index is -1.77. The fraction of sp³-hybridized carbons (Fsp3) is 0.571. The van der Waals surface area contributed by atoms with Crippen LogP contribution in [0.5, 0.6) is 0 Å². The fourth-order valence-corrected chi connectivity index (χ4v) is 4.41. The topological polar surface area (TPSA) is 74.6 Å². The average Bonchev–Trinajstić information content (AvgIpc) is 2.47. The molecule has 0 heterocycles. The van der Waals surface area contributed by atoms with Crippen LogP contribution in [0.15, 0.2) is 24.3 Å². The van der Waals surface area contributed by atoms with E-state index in [0.717, 1.165) is 0 Å². The van der Waals surface area contributed by atoms with Crippen LogP contribution in [-0.2, 0) is 9.59 Å². The Hall–Kier alpha value is -0.680. The monoisotopic (exact) mass is 316 g/mol. The maximum atomic E-state index is 12.4. The maximum absolute atomic E-state index is 12.4. The molecule has 0 saturated heterocycles. The highest BCUT2D eigenvalue weighted by molar-refractivity contribution is 6.22. The number of carbonyl (C=O) groups excluding carboxylic acids is 2. The zero-order chi connectivity index (χ0) is 14.7. The normalized spacial score (nSPS) is 49.6. The molecule has 4 nitrogen and oxygen atoms in total. The predicted octanol–water partition coefficient (Wildman–Crippen LogP) is 0.682. The van der Waals surface area contributed by atoms with Crippen molar-refractivity contribution in [2.24, 2.45) is 23.7 Å². The number of carbonyl (C=O) groups is 2. The van der Waals surface area contributed by atoms with E-state index in [-0.39, 0.29) is 23.5 Å². The van der Waals surface area contributed by atoms with Crippen LogP contribution in [0.4, 0.5) is 0 Å². The van der Waals surface area contributed by atoms with Gasteiger partial charge in [0.2, 0.25) is 0 Å². The van der Waals surface area contributed by atoms with E-state index in [2.05, 4.69) is 0 Å². The first-order chi connectivity index (χ1) is 9.40. The van der Waals surface area contributed by atoms with Crippen molar-refractivity contribution in [3.05, 3.63) is 24.3 Å². The standard InChI is InChI=1S/C14H14Cl2O4/c15-5-13(19)9-3-1-8(12(13)18)7-2-4-10(17)14(20,6-16)11(7)9/h1-4,7-9,11,19-20H,5-6H2/t7-,8+,9-,11-,13+,14+/m1/s1. The van der Waals surface area contributed by atoms with Crippen molar-refractivity contribution >= 4 is 34.8 Å². The van der Waals surface area contributed by atoms with Crippen LogP contribution < -0.4 is 0 Å². The molecule has 0 aliphatic heterocycles. The molecule has 1 saturated carbocycles. The smallest absolute Gasteiger partial charge is 0.188 e. The van der Waals surface area contributed by atoms with Crippen molar-refractivity contribution in [1.29, 1.82) is 0 Å². The Morgan fingerprint density at radius 3 is 2.30 bits per heavy atom. The van der Waals surface area contributed by atoms with Crippen LogP contribution in [0, 0.1) is 23.7 Å². The van der Waals surface area contributed by atoms with Crippen LogP contribution in [0.1, 0.15) is 0 Å². The molecule has 0 aromatic rings. The van der Waals surface area contributed by atoms with Gasteiger partial charge in [0, 0.05) is 17.8 Å². The van der Waals surface area contributed by atoms with Crippen LogP contribution in [0.25, 0.3) is 0 Å². The molecule has 0 radical (unpaired) electrons. The summed E-state index contributed by atoms with van der Waals surface area (Å²) in [5.74, 6) is -3.63. The Bertz CT molecular complexity index is 543. The number of alkyl halides is 2. The highest BCUT2D eigenvalue weighted by Gasteiger charge is 2.65. The number of halogens is 2. The SMILES string of the molecule is O=C1[C@H]2C=C[C@H]([C@H]3[C@@H]2C=CC(=O)[C@@]3(O)CCl)[C@@]1(O)CCl. The van der Waals surface area contributed by atoms with Crippen molar-refractivity contribution in [2.75, 3.05) is 11.8 Å². The molecular formula is C14H14Cl2O4. The maximum Gasteiger partial charge on any atom is 0.188 e. The van der Waals surface area contributed by atoms with E-state index in [1.54, 1.807) is 18.2 Å². The second-order valence-corrected chi connectivity index (χ2v) is 6.28. The molecule has 0 spiro atoms. The van der Waals surface area contributed by atoms with E-state index in [1.807, 2.05) is 0 Å². The number of aliphatic hydroxyl groups is 2. The average molecular weight is 317 g/mol. The van der Waals surface area contributed by atoms with Gasteiger partial charge in [0.05, 0.1) is 11.8 Å². The van der Waals surface area contributed by atoms with E-state index in [1.165, 1.54) is 6.08 Å². The Kier molecular flexibility index (Phi) is 3.14. The van der Waals surface area contributed by atoms with Gasteiger partial charge < -0.3 is 10.2 Å². The molecule has 0 aromatic carbocycles. The molecule has 4 aliphatic carbocycles. The number of hydrogen-bond donors (Lipinski definition) is 2. The predicted molar refractivity (Wildman–Crippen MR) is 73.6 cm³/mol. The minimum Gasteiger partial charge on any atom is -0.380 e. The van der Waals surface area contributed by atoms with Gasteiger partial charge in [-0.05, 0) is 12.0 Å². The summed E-state index contributed by atoms with van der Waals surface area (Å²) < 4.78 is 0. The molecule has 108 valence electrons. The number of rotatable bonds is 2. The zero-order valence-electron chi connectivity index (χ0n) is 10.5. The third-order valence-electron chi connectivity index (χ3n) is 4.88. The molecule has 6 atom stereocenters. The van der Waals surface area contributed by atoms with E-state index in [9.17, 15) is 19.8 Å². The first-order valence-electron chi connectivity index (χ1n) is 6.42. The quantitative estimate of drug-likeness (QED) is 0.580. The van der Waals surface area contributed by atoms with Crippen LogP contribution in [0.3, 0.4) is 0 Å². The first-order valence-corrected chi connectivity index (χ1v) is 7.49. The second kappa shape index (κ2) is 4.41. The van der Waals surface area contributed by atoms with Gasteiger partial charge in [0.25, 0.3) is 0 Å². The number of fused-ring (bicyclic) bond motifs is 1. The number of ketones is 2. The van der Waals surface area contributed by atoms with Gasteiger partial charge in [0.1, 0.15) is 11.2 Å². The lowest BCUT2D eigenvalue weighted by atomic mass is 9.50. The van der Waals surface area contributed by atoms with Gasteiger partial charge in [0.15, 0.2) is 11.6 Å². The Morgan fingerprint density at radius 1 is 1.05 bits per heavy atom. The van der Waals surface area contributed by atoms with Crippen molar-refractivity contribution in [3.63, 3.8) is 0 Å². The second-order valence-electron chi connectivity index (χ2n) is 5.74. The summed E-state index contributed by atoms with van der Waals surface area (Å²) in [6.07, 6.45) is 6.33. The molecule has 1 fully saturated rings. The number of allylic oxidation sites excluding steroid dienone is 2. The molecule has 0 aromatic heterocycles. The lowest BCUT2D eigenvalue weighted by Crippen LogP contribution is -2.68. The summed E-state index contributed by atoms with van der Waals surface area (Å²) in [6.45, 7) is 0. The van der Waals surface area contributed by atoms with Gasteiger partial charge in [-0.1, -0.05) is 18.2 Å². The van der Waals surface area contributed by atoms with Crippen LogP contribution in [-0.4, -0.2) is 44.7 Å². The molecule has 4 rings (SSSR count). The third kappa shape index (κ3) is 1.51. The molecule has 4 aliphatic rings. The summed E-state index contributed by atoms with van der Waals surface area (Å²) >= 11 is 11.6. The fourth-order valence-electron chi connectivity index (χ4n) is 3.79. The van der Waals surface area contributed by atoms with E-state index in [4.69, 9.17) is 23.2 Å². The van der Waals surface area contributed by atoms with Crippen molar-refractivity contribution in [2.45, 2.75) is 11.2 Å². The van der Waals surface area contributed by atoms with Crippen molar-refractivity contribution in [3.8, 4) is 0 Å². The molecule has 2 N–H and O–H groups in total. The molecule has 0 amide bonds. The Balaban J connectivity index is 2.17. The molecular weight excluding hydrogens is 303 g/mol. The molecule has 0 unspecified atom stereocenters. The van der Waals surface area contributed by atoms with E-state index >= 15 is 0 Å². The van der Waals surface area contributed by atoms with Gasteiger partial charge in [-0.15, -0.1) is 23.2 Å². The summed E-state index contributed by atoms with van der Waals surface area (Å²) in [6, 6.07) is 0. The summed E-state index contributed by atoms with van der Waals surface area (Å²) in [5, 5.41) is 21.2. The summed E-state index contributed by atoms with van der Waals surface area (Å²) in [4.78, 5) is 24.4. The highest BCUT2D eigenvalue weighted by atomic mass is 35.5. The van der Waals surface area contributed by atoms with E-state index in [0.29, 0.717) is 0 Å². The zero-order valence-corrected chi connectivity index (χ0v) is 12.0. The molecule has 20 heavy (non-hydrogen) atoms. The minimum absolute atomic E-state index is 0.267. The summed E-state index contributed by atoms with van der Waals surface area (Å²) in [7, 11) is 0. The van der Waals surface area contributed by atoms with Crippen molar-refractivity contribution < 1.29 is 19.8 Å². The third-order valence-corrected chi connectivity index (χ3v) is 5.69. The molecule has 6 heteroatoms. The largest absolute Gasteiger partial charge is 0.380 e. The van der Waals surface area contributed by atoms with Crippen molar-refractivity contribution in [1.82, 2.24) is 0 Å². The van der Waals surface area contributed by atoms with E-state index < -0.39 is 34.7 Å². The Morgan fingerprint density at radius 2 is 1.70 bits per heavy atom. The summed E-state index contributed by atoms with van der Waals surface area (Å²) in [5.41, 5.74) is -3.51. The van der Waals surface area contributed by atoms with Gasteiger partial charge in [-0.2, -0.15) is 0 Å². The number of hydrogen-bond acceptors (Lipinski definition) is 4.